The van der Waals surface area contributed by atoms with Crippen molar-refractivity contribution < 1.29 is 4.79 Å². The van der Waals surface area contributed by atoms with Gasteiger partial charge in [0.05, 0.1) is 0 Å². The normalized spacial score (nSPS) is 12.6. The first-order valence-corrected chi connectivity index (χ1v) is 5.01. The highest BCUT2D eigenvalue weighted by Crippen LogP contribution is 1.90. The van der Waals surface area contributed by atoms with Gasteiger partial charge < -0.3 is 5.32 Å². The second-order valence-electron chi connectivity index (χ2n) is 2.98. The van der Waals surface area contributed by atoms with Gasteiger partial charge in [0.1, 0.15) is 0 Å². The number of carbonyl (C=O) groups excluding carboxylic acids is 1. The first kappa shape index (κ1) is 12.7. The molecule has 0 bridgehead atoms. The molecule has 0 aliphatic carbocycles. The first-order valence-electron chi connectivity index (χ1n) is 5.01. The van der Waals surface area contributed by atoms with E-state index >= 15 is 0 Å². The summed E-state index contributed by atoms with van der Waals surface area (Å²) in [5.74, 6) is -0.0760. The molecule has 0 spiro atoms. The fourth-order valence-corrected chi connectivity index (χ4v) is 0.951. The Labute approximate surface area is 86.4 Å². The second-order valence-corrected chi connectivity index (χ2v) is 2.98. The van der Waals surface area contributed by atoms with E-state index in [1.54, 1.807) is 6.08 Å². The lowest BCUT2D eigenvalue weighted by molar-refractivity contribution is -0.115. The molecule has 1 N–H and O–H groups in total. The van der Waals surface area contributed by atoms with E-state index in [-0.39, 0.29) is 5.91 Å². The van der Waals surface area contributed by atoms with Gasteiger partial charge in [-0.3, -0.25) is 4.79 Å². The minimum atomic E-state index is -0.0760. The van der Waals surface area contributed by atoms with Gasteiger partial charge in [-0.25, -0.2) is 0 Å². The molecular weight excluding hydrogens is 174 g/mol. The van der Waals surface area contributed by atoms with E-state index in [0.717, 1.165) is 18.5 Å². The van der Waals surface area contributed by atoms with Crippen molar-refractivity contribution in [2.75, 3.05) is 0 Å². The van der Waals surface area contributed by atoms with Crippen molar-refractivity contribution in [1.29, 1.82) is 0 Å². The van der Waals surface area contributed by atoms with Crippen LogP contribution >= 0.6 is 0 Å². The molecule has 0 aromatic rings. The summed E-state index contributed by atoms with van der Waals surface area (Å²) in [5.41, 5.74) is 0.904. The lowest BCUT2D eigenvalue weighted by atomic mass is 10.3. The number of allylic oxidation sites excluding steroid dienone is 5. The molecule has 0 aliphatic rings. The van der Waals surface area contributed by atoms with Crippen LogP contribution in [0.5, 0.6) is 0 Å². The molecular formula is C12H19NO. The number of hydrogen-bond donors (Lipinski definition) is 1. The largest absolute Gasteiger partial charge is 0.327 e. The third-order valence-corrected chi connectivity index (χ3v) is 1.56. The molecule has 2 heteroatoms. The van der Waals surface area contributed by atoms with Crippen LogP contribution < -0.4 is 5.32 Å². The van der Waals surface area contributed by atoms with Crippen molar-refractivity contribution in [3.63, 3.8) is 0 Å². The topological polar surface area (TPSA) is 29.1 Å². The number of amides is 1. The van der Waals surface area contributed by atoms with Crippen molar-refractivity contribution >= 4 is 5.91 Å². The Morgan fingerprint density at radius 3 is 2.50 bits per heavy atom. The van der Waals surface area contributed by atoms with Crippen LogP contribution in [0.25, 0.3) is 0 Å². The smallest absolute Gasteiger partial charge is 0.248 e. The average Bonchev–Trinajstić information content (AvgIpc) is 2.13. The van der Waals surface area contributed by atoms with Gasteiger partial charge in [-0.2, -0.15) is 0 Å². The van der Waals surface area contributed by atoms with Gasteiger partial charge in [-0.15, -0.1) is 0 Å². The monoisotopic (exact) mass is 193 g/mol. The number of hydrogen-bond acceptors (Lipinski definition) is 1. The Balaban J connectivity index is 3.92. The van der Waals surface area contributed by atoms with Gasteiger partial charge in [0.15, 0.2) is 0 Å². The number of nitrogens with one attached hydrogen (secondary N) is 1. The summed E-state index contributed by atoms with van der Waals surface area (Å²) < 4.78 is 0. The number of carbonyl (C=O) groups is 1. The van der Waals surface area contributed by atoms with Crippen LogP contribution in [0.4, 0.5) is 0 Å². The van der Waals surface area contributed by atoms with Gasteiger partial charge >= 0.3 is 0 Å². The lowest BCUT2D eigenvalue weighted by Gasteiger charge is -1.99. The Bertz CT molecular complexity index is 249. The van der Waals surface area contributed by atoms with E-state index in [9.17, 15) is 4.79 Å². The van der Waals surface area contributed by atoms with E-state index in [1.165, 1.54) is 6.08 Å². The summed E-state index contributed by atoms with van der Waals surface area (Å²) in [6, 6.07) is 0. The van der Waals surface area contributed by atoms with E-state index in [1.807, 2.05) is 32.1 Å². The molecule has 0 saturated carbocycles. The average molecular weight is 193 g/mol. The summed E-state index contributed by atoms with van der Waals surface area (Å²) in [7, 11) is 0. The Morgan fingerprint density at radius 2 is 1.93 bits per heavy atom. The predicted octanol–water partition coefficient (Wildman–Crippen LogP) is 2.94. The van der Waals surface area contributed by atoms with Crippen LogP contribution in [0.2, 0.25) is 0 Å². The highest BCUT2D eigenvalue weighted by atomic mass is 16.1. The van der Waals surface area contributed by atoms with Crippen molar-refractivity contribution in [2.45, 2.75) is 33.6 Å². The van der Waals surface area contributed by atoms with Gasteiger partial charge in [0.25, 0.3) is 0 Å². The maximum absolute atomic E-state index is 11.2. The molecule has 0 fully saturated rings. The lowest BCUT2D eigenvalue weighted by Crippen LogP contribution is -2.18. The summed E-state index contributed by atoms with van der Waals surface area (Å²) >= 11 is 0. The van der Waals surface area contributed by atoms with E-state index in [0.29, 0.717) is 0 Å². The van der Waals surface area contributed by atoms with Crippen molar-refractivity contribution in [1.82, 2.24) is 5.32 Å². The molecule has 0 aliphatic heterocycles. The Morgan fingerprint density at radius 1 is 1.21 bits per heavy atom. The molecule has 0 aromatic heterocycles. The zero-order valence-corrected chi connectivity index (χ0v) is 9.21. The molecule has 78 valence electrons. The second kappa shape index (κ2) is 8.30. The number of rotatable bonds is 5. The van der Waals surface area contributed by atoms with Crippen LogP contribution in [0.3, 0.4) is 0 Å². The minimum absolute atomic E-state index is 0.0760. The van der Waals surface area contributed by atoms with Crippen LogP contribution in [0.15, 0.2) is 36.1 Å². The first-order chi connectivity index (χ1) is 6.70. The molecule has 0 atom stereocenters. The van der Waals surface area contributed by atoms with E-state index in [2.05, 4.69) is 12.2 Å². The standard InChI is InChI=1S/C12H19NO/c1-4-6-7-8-10-12(14)13-11(3)9-5-2/h6-10H,4-5H2,1-3H3,(H,13,14)/b7-6-,10-8+,11-9-. The van der Waals surface area contributed by atoms with E-state index < -0.39 is 0 Å². The minimum Gasteiger partial charge on any atom is -0.327 e. The highest BCUT2D eigenvalue weighted by Gasteiger charge is 1.93. The summed E-state index contributed by atoms with van der Waals surface area (Å²) in [5, 5.41) is 2.76. The fraction of sp³-hybridized carbons (Fsp3) is 0.417. The molecule has 0 aromatic carbocycles. The van der Waals surface area contributed by atoms with E-state index in [4.69, 9.17) is 0 Å². The van der Waals surface area contributed by atoms with Crippen molar-refractivity contribution in [2.24, 2.45) is 0 Å². The zero-order valence-electron chi connectivity index (χ0n) is 9.21. The van der Waals surface area contributed by atoms with Gasteiger partial charge in [0.2, 0.25) is 5.91 Å². The molecule has 0 saturated heterocycles. The summed E-state index contributed by atoms with van der Waals surface area (Å²) in [4.78, 5) is 11.2. The van der Waals surface area contributed by atoms with Crippen LogP contribution in [0.1, 0.15) is 33.6 Å². The maximum atomic E-state index is 11.2. The summed E-state index contributed by atoms with van der Waals surface area (Å²) in [6.45, 7) is 5.98. The van der Waals surface area contributed by atoms with Gasteiger partial charge in [-0.1, -0.05) is 38.2 Å². The van der Waals surface area contributed by atoms with Crippen molar-refractivity contribution in [3.05, 3.63) is 36.1 Å². The molecule has 1 amide bonds. The molecule has 2 nitrogen and oxygen atoms in total. The molecule has 0 radical (unpaired) electrons. The van der Waals surface area contributed by atoms with Gasteiger partial charge in [-0.05, 0) is 19.8 Å². The SMILES string of the molecule is CC/C=C\C=C\C(=O)N/C(C)=C\CC. The quantitative estimate of drug-likeness (QED) is 0.528. The third kappa shape index (κ3) is 7.35. The molecule has 0 rings (SSSR count). The molecule has 0 unspecified atom stereocenters. The Kier molecular flexibility index (Phi) is 7.52. The van der Waals surface area contributed by atoms with Gasteiger partial charge in [0, 0.05) is 11.8 Å². The van der Waals surface area contributed by atoms with Crippen LogP contribution in [0, 0.1) is 0 Å². The highest BCUT2D eigenvalue weighted by molar-refractivity contribution is 5.88. The third-order valence-electron chi connectivity index (χ3n) is 1.56. The maximum Gasteiger partial charge on any atom is 0.248 e. The van der Waals surface area contributed by atoms with Crippen molar-refractivity contribution in [3.8, 4) is 0 Å². The predicted molar refractivity (Wildman–Crippen MR) is 60.8 cm³/mol. The molecule has 14 heavy (non-hydrogen) atoms. The Hall–Kier alpha value is -1.31. The summed E-state index contributed by atoms with van der Waals surface area (Å²) in [6.07, 6.45) is 11.0. The van der Waals surface area contributed by atoms with Crippen LogP contribution in [-0.2, 0) is 4.79 Å². The molecule has 0 heterocycles. The van der Waals surface area contributed by atoms with Crippen LogP contribution in [-0.4, -0.2) is 5.91 Å². The zero-order chi connectivity index (χ0) is 10.8. The fourth-order valence-electron chi connectivity index (χ4n) is 0.951.